The van der Waals surface area contributed by atoms with Crippen LogP contribution in [0.5, 0.6) is 0 Å². The third kappa shape index (κ3) is 2.50. The second kappa shape index (κ2) is 4.78. The van der Waals surface area contributed by atoms with E-state index >= 15 is 0 Å². The van der Waals surface area contributed by atoms with Gasteiger partial charge in [0.15, 0.2) is 5.78 Å². The first-order valence-corrected chi connectivity index (χ1v) is 5.59. The van der Waals surface area contributed by atoms with Gasteiger partial charge in [0.1, 0.15) is 11.8 Å². The highest BCUT2D eigenvalue weighted by Gasteiger charge is 2.31. The number of alkyl halides is 1. The van der Waals surface area contributed by atoms with E-state index in [9.17, 15) is 9.18 Å². The van der Waals surface area contributed by atoms with Crippen molar-refractivity contribution >= 4 is 23.1 Å². The lowest BCUT2D eigenvalue weighted by Crippen LogP contribution is -2.10. The van der Waals surface area contributed by atoms with Crippen LogP contribution in [0.3, 0.4) is 0 Å². The van der Waals surface area contributed by atoms with Crippen molar-refractivity contribution in [3.05, 3.63) is 23.0 Å². The van der Waals surface area contributed by atoms with Gasteiger partial charge in [-0.25, -0.2) is 9.37 Å². The first-order chi connectivity index (χ1) is 7.72. The number of aromatic nitrogens is 1. The monoisotopic (exact) mass is 242 g/mol. The molecular weight excluding hydrogens is 231 g/mol. The molecule has 16 heavy (non-hydrogen) atoms. The Morgan fingerprint density at radius 2 is 2.38 bits per heavy atom. The second-order valence-corrected chi connectivity index (χ2v) is 4.19. The number of carbonyl (C=O) groups excluding carboxylic acids is 1. The average molecular weight is 243 g/mol. The fourth-order valence-electron chi connectivity index (χ4n) is 1.52. The maximum atomic E-state index is 12.1. The molecule has 0 aliphatic heterocycles. The number of halogens is 2. The fourth-order valence-corrected chi connectivity index (χ4v) is 1.68. The highest BCUT2D eigenvalue weighted by atomic mass is 35.5. The van der Waals surface area contributed by atoms with Gasteiger partial charge in [0.05, 0.1) is 5.56 Å². The van der Waals surface area contributed by atoms with Crippen molar-refractivity contribution in [1.82, 2.24) is 4.98 Å². The Hall–Kier alpha value is -1.16. The molecule has 86 valence electrons. The zero-order valence-corrected chi connectivity index (χ0v) is 9.43. The van der Waals surface area contributed by atoms with E-state index in [-0.39, 0.29) is 18.2 Å². The molecule has 1 aromatic rings. The third-order valence-corrected chi connectivity index (χ3v) is 2.70. The van der Waals surface area contributed by atoms with Crippen molar-refractivity contribution in [1.29, 1.82) is 0 Å². The number of hydrogen-bond donors (Lipinski definition) is 1. The van der Waals surface area contributed by atoms with Gasteiger partial charge in [-0.1, -0.05) is 11.6 Å². The van der Waals surface area contributed by atoms with Crippen molar-refractivity contribution in [2.75, 3.05) is 18.5 Å². The average Bonchev–Trinajstić information content (AvgIpc) is 3.09. The minimum atomic E-state index is -0.489. The Balaban J connectivity index is 2.23. The third-order valence-electron chi connectivity index (χ3n) is 2.49. The fraction of sp³-hybridized carbons (Fsp3) is 0.455. The van der Waals surface area contributed by atoms with Crippen LogP contribution in [0.15, 0.2) is 12.3 Å². The minimum absolute atomic E-state index is 0.0746. The lowest BCUT2D eigenvalue weighted by molar-refractivity contribution is 0.0968. The molecule has 1 heterocycles. The van der Waals surface area contributed by atoms with Crippen LogP contribution in [-0.4, -0.2) is 24.0 Å². The van der Waals surface area contributed by atoms with E-state index in [2.05, 4.69) is 10.3 Å². The zero-order valence-electron chi connectivity index (χ0n) is 8.67. The molecule has 1 aliphatic carbocycles. The summed E-state index contributed by atoms with van der Waals surface area (Å²) >= 11 is 5.74. The zero-order chi connectivity index (χ0) is 11.5. The van der Waals surface area contributed by atoms with E-state index in [1.807, 2.05) is 0 Å². The molecule has 0 saturated heterocycles. The number of ketones is 1. The predicted octanol–water partition coefficient (Wildman–Crippen LogP) is 2.71. The van der Waals surface area contributed by atoms with Crippen molar-refractivity contribution in [3.63, 3.8) is 0 Å². The first kappa shape index (κ1) is 11.3. The van der Waals surface area contributed by atoms with E-state index in [4.69, 9.17) is 11.6 Å². The second-order valence-electron chi connectivity index (χ2n) is 3.81. The van der Waals surface area contributed by atoms with Crippen LogP contribution in [0.1, 0.15) is 23.2 Å². The topological polar surface area (TPSA) is 42.0 Å². The maximum absolute atomic E-state index is 12.1. The van der Waals surface area contributed by atoms with E-state index in [0.29, 0.717) is 16.4 Å². The largest absolute Gasteiger partial charge is 0.382 e. The Morgan fingerprint density at radius 1 is 1.62 bits per heavy atom. The molecule has 1 aliphatic rings. The van der Waals surface area contributed by atoms with Crippen LogP contribution >= 0.6 is 11.6 Å². The molecule has 2 rings (SSSR count). The standard InChI is InChI=1S/C11H12ClFN2O/c12-10-5-9(14-4-3-13)8(6-15-10)11(16)7-1-2-7/h5-7H,1-4H2,(H,14,15). The van der Waals surface area contributed by atoms with E-state index in [1.54, 1.807) is 6.07 Å². The van der Waals surface area contributed by atoms with Crippen LogP contribution in [0.2, 0.25) is 5.15 Å². The van der Waals surface area contributed by atoms with E-state index in [1.165, 1.54) is 6.20 Å². The van der Waals surface area contributed by atoms with Crippen LogP contribution < -0.4 is 5.32 Å². The number of Topliss-reactive ketones (excluding diaryl/α,β-unsaturated/α-hetero) is 1. The number of hydrogen-bond acceptors (Lipinski definition) is 3. The summed E-state index contributed by atoms with van der Waals surface area (Å²) in [5.74, 6) is 0.194. The molecule has 3 nitrogen and oxygen atoms in total. The van der Waals surface area contributed by atoms with Gasteiger partial charge in [-0.15, -0.1) is 0 Å². The smallest absolute Gasteiger partial charge is 0.169 e. The molecule has 5 heteroatoms. The summed E-state index contributed by atoms with van der Waals surface area (Å²) < 4.78 is 12.1. The lowest BCUT2D eigenvalue weighted by Gasteiger charge is -2.09. The maximum Gasteiger partial charge on any atom is 0.169 e. The number of carbonyl (C=O) groups is 1. The highest BCUT2D eigenvalue weighted by molar-refractivity contribution is 6.29. The molecule has 0 spiro atoms. The Bertz CT molecular complexity index is 407. The van der Waals surface area contributed by atoms with Gasteiger partial charge in [0, 0.05) is 24.3 Å². The van der Waals surface area contributed by atoms with Crippen LogP contribution in [0.4, 0.5) is 10.1 Å². The van der Waals surface area contributed by atoms with Crippen molar-refractivity contribution in [2.24, 2.45) is 5.92 Å². The molecule has 0 atom stereocenters. The summed E-state index contributed by atoms with van der Waals surface area (Å²) in [4.78, 5) is 15.8. The van der Waals surface area contributed by atoms with Gasteiger partial charge in [0.25, 0.3) is 0 Å². The normalized spacial score (nSPS) is 14.9. The molecule has 1 aromatic heterocycles. The summed E-state index contributed by atoms with van der Waals surface area (Å²) in [5.41, 5.74) is 1.09. The molecule has 0 aromatic carbocycles. The molecule has 1 N–H and O–H groups in total. The molecule has 0 amide bonds. The number of nitrogens with zero attached hydrogens (tertiary/aromatic N) is 1. The summed E-state index contributed by atoms with van der Waals surface area (Å²) in [5, 5.41) is 3.15. The predicted molar refractivity (Wildman–Crippen MR) is 60.8 cm³/mol. The molecule has 0 radical (unpaired) electrons. The summed E-state index contributed by atoms with van der Waals surface area (Å²) in [7, 11) is 0. The summed E-state index contributed by atoms with van der Waals surface area (Å²) in [6.07, 6.45) is 3.33. The van der Waals surface area contributed by atoms with Crippen molar-refractivity contribution in [2.45, 2.75) is 12.8 Å². The van der Waals surface area contributed by atoms with Crippen LogP contribution in [0.25, 0.3) is 0 Å². The summed E-state index contributed by atoms with van der Waals surface area (Å²) in [6, 6.07) is 1.56. The Kier molecular flexibility index (Phi) is 3.39. The number of rotatable bonds is 5. The SMILES string of the molecule is O=C(c1cnc(Cl)cc1NCCF)C1CC1. The molecule has 1 saturated carbocycles. The lowest BCUT2D eigenvalue weighted by atomic mass is 10.1. The number of nitrogens with one attached hydrogen (secondary N) is 1. The summed E-state index contributed by atoms with van der Waals surface area (Å²) in [6.45, 7) is -0.317. The van der Waals surface area contributed by atoms with Crippen LogP contribution in [0, 0.1) is 5.92 Å². The minimum Gasteiger partial charge on any atom is -0.382 e. The molecular formula is C11H12ClFN2O. The van der Waals surface area contributed by atoms with E-state index in [0.717, 1.165) is 12.8 Å². The highest BCUT2D eigenvalue weighted by Crippen LogP contribution is 2.34. The number of anilines is 1. The van der Waals surface area contributed by atoms with Gasteiger partial charge in [-0.05, 0) is 18.9 Å². The quantitative estimate of drug-likeness (QED) is 0.638. The van der Waals surface area contributed by atoms with Gasteiger partial charge >= 0.3 is 0 Å². The van der Waals surface area contributed by atoms with Gasteiger partial charge < -0.3 is 5.32 Å². The van der Waals surface area contributed by atoms with Crippen LogP contribution in [-0.2, 0) is 0 Å². The van der Waals surface area contributed by atoms with Gasteiger partial charge in [0.2, 0.25) is 0 Å². The van der Waals surface area contributed by atoms with Gasteiger partial charge in [-0.2, -0.15) is 0 Å². The molecule has 1 fully saturated rings. The Morgan fingerprint density at radius 3 is 3.00 bits per heavy atom. The van der Waals surface area contributed by atoms with Crippen molar-refractivity contribution < 1.29 is 9.18 Å². The van der Waals surface area contributed by atoms with E-state index < -0.39 is 6.67 Å². The first-order valence-electron chi connectivity index (χ1n) is 5.22. The molecule has 0 bridgehead atoms. The number of pyridine rings is 1. The Labute approximate surface area is 98.0 Å². The van der Waals surface area contributed by atoms with Crippen molar-refractivity contribution in [3.8, 4) is 0 Å². The molecule has 0 unspecified atom stereocenters. The van der Waals surface area contributed by atoms with Gasteiger partial charge in [-0.3, -0.25) is 4.79 Å².